The highest BCUT2D eigenvalue weighted by molar-refractivity contribution is 6.09. The lowest BCUT2D eigenvalue weighted by Crippen LogP contribution is -2.33. The monoisotopic (exact) mass is 1120 g/mol. The van der Waals surface area contributed by atoms with E-state index in [0.29, 0.717) is 51.3 Å². The van der Waals surface area contributed by atoms with Gasteiger partial charge in [0.1, 0.15) is 24.0 Å². The molecule has 0 saturated carbocycles. The van der Waals surface area contributed by atoms with E-state index in [-0.39, 0.29) is 75.4 Å². The maximum atomic E-state index is 10.5. The predicted molar refractivity (Wildman–Crippen MR) is 360 cm³/mol. The van der Waals surface area contributed by atoms with Gasteiger partial charge in [-0.3, -0.25) is 4.57 Å². The highest BCUT2D eigenvalue weighted by Gasteiger charge is 2.39. The van der Waals surface area contributed by atoms with E-state index in [9.17, 15) is 6.85 Å². The normalized spacial score (nSPS) is 16.9. The van der Waals surface area contributed by atoms with Gasteiger partial charge in [0, 0.05) is 51.5 Å². The van der Waals surface area contributed by atoms with Crippen molar-refractivity contribution in [2.75, 3.05) is 16.5 Å². The van der Waals surface area contributed by atoms with Crippen LogP contribution in [0.1, 0.15) is 147 Å². The molecule has 11 aromatic rings. The third-order valence-electron chi connectivity index (χ3n) is 17.5. The number of pyridine rings is 1. The zero-order valence-electron chi connectivity index (χ0n) is 63.1. The van der Waals surface area contributed by atoms with E-state index in [1.165, 1.54) is 11.8 Å². The number of nitrogens with zero attached hydrogens (tertiary/aromatic N) is 4. The average Bonchev–Trinajstić information content (AvgIpc) is 1.11. The molecule has 426 valence electrons. The van der Waals surface area contributed by atoms with Crippen LogP contribution >= 0.6 is 0 Å². The first-order valence-electron chi connectivity index (χ1n) is 35.6. The highest BCUT2D eigenvalue weighted by atomic mass is 16.5. The van der Waals surface area contributed by atoms with Crippen molar-refractivity contribution < 1.29 is 21.2 Å². The van der Waals surface area contributed by atoms with Gasteiger partial charge in [-0.2, -0.15) is 0 Å². The summed E-state index contributed by atoms with van der Waals surface area (Å²) in [6, 6.07) is 42.0. The van der Waals surface area contributed by atoms with Crippen molar-refractivity contribution in [2.45, 2.75) is 130 Å². The van der Waals surface area contributed by atoms with Gasteiger partial charge in [-0.05, 0) is 156 Å². The Morgan fingerprint density at radius 1 is 0.471 bits per heavy atom. The number of hydrogen-bond donors (Lipinski definition) is 0. The molecular weight excluding hydrogens is 1030 g/mol. The van der Waals surface area contributed by atoms with E-state index in [1.54, 1.807) is 28.8 Å². The molecule has 0 saturated heterocycles. The topological polar surface area (TPSA) is 33.5 Å². The molecule has 13 rings (SSSR count). The van der Waals surface area contributed by atoms with Gasteiger partial charge in [0.15, 0.2) is 0 Å². The van der Waals surface area contributed by atoms with Crippen LogP contribution in [0.3, 0.4) is 0 Å². The van der Waals surface area contributed by atoms with Crippen LogP contribution in [-0.4, -0.2) is 16.2 Å². The number of fused-ring (bicyclic) bond motifs is 5. The molecule has 0 fully saturated rings. The zero-order chi connectivity index (χ0) is 69.8. The van der Waals surface area contributed by atoms with Crippen LogP contribution in [0.4, 0.5) is 22.7 Å². The molecule has 0 N–H and O–H groups in total. The minimum atomic E-state index is -0.687. The second-order valence-electron chi connectivity index (χ2n) is 27.5. The molecular formula is C80H80N4O. The van der Waals surface area contributed by atoms with Crippen molar-refractivity contribution in [1.82, 2.24) is 9.55 Å². The van der Waals surface area contributed by atoms with Crippen LogP contribution in [0.5, 0.6) is 11.5 Å². The number of para-hydroxylation sites is 3. The molecule has 9 aromatic carbocycles. The first kappa shape index (κ1) is 43.0. The quantitative estimate of drug-likeness (QED) is 0.144. The summed E-state index contributed by atoms with van der Waals surface area (Å²) in [7, 11) is 0. The third kappa shape index (κ3) is 10.2. The van der Waals surface area contributed by atoms with Gasteiger partial charge in [0.25, 0.3) is 0 Å². The van der Waals surface area contributed by atoms with Gasteiger partial charge in [0.05, 0.1) is 44.5 Å². The SMILES string of the molecule is [2H]c1c([2H])c([2H])c(-c2cnc(-n3c4cc(Oc5cccc(N6CN(c7c(-c8ccc(-c9cccc(C(C)(C)C)c9)cc8)cc(C(C)(C)C)cc7-c7c([2H])c([2H])c8c(c7[2H])C(C)(C)CCC8(C)C)c7ccccc76)c5)ccc4c4c([2H])c([2H])c([2H])c([2H])c43)cc2C(C)(C)C)c([2H])c1[2H]. The van der Waals surface area contributed by atoms with E-state index in [1.807, 2.05) is 57.2 Å². The molecule has 1 aliphatic carbocycles. The van der Waals surface area contributed by atoms with Gasteiger partial charge < -0.3 is 14.5 Å². The summed E-state index contributed by atoms with van der Waals surface area (Å²) in [6.45, 7) is 28.0. The van der Waals surface area contributed by atoms with Crippen LogP contribution < -0.4 is 14.5 Å². The molecule has 85 heavy (non-hydrogen) atoms. The van der Waals surface area contributed by atoms with Crippen molar-refractivity contribution in [2.24, 2.45) is 0 Å². The summed E-state index contributed by atoms with van der Waals surface area (Å²) < 4.78 is 119. The van der Waals surface area contributed by atoms with E-state index >= 15 is 0 Å². The summed E-state index contributed by atoms with van der Waals surface area (Å²) in [4.78, 5) is 9.42. The van der Waals surface area contributed by atoms with Crippen LogP contribution in [0.25, 0.3) is 72.1 Å². The summed E-state index contributed by atoms with van der Waals surface area (Å²) in [5.41, 5.74) is 12.1. The first-order valence-corrected chi connectivity index (χ1v) is 29.6. The van der Waals surface area contributed by atoms with Crippen molar-refractivity contribution in [3.05, 3.63) is 240 Å². The lowest BCUT2D eigenvalue weighted by molar-refractivity contribution is 0.332. The van der Waals surface area contributed by atoms with Crippen molar-refractivity contribution in [3.8, 4) is 61.8 Å². The van der Waals surface area contributed by atoms with E-state index in [0.717, 1.165) is 74.5 Å². The van der Waals surface area contributed by atoms with Gasteiger partial charge in [0.2, 0.25) is 0 Å². The molecule has 3 heterocycles. The molecule has 5 nitrogen and oxygen atoms in total. The minimum absolute atomic E-state index is 0.00131. The van der Waals surface area contributed by atoms with E-state index in [4.69, 9.17) is 19.3 Å². The second-order valence-corrected chi connectivity index (χ2v) is 27.5. The molecule has 5 heteroatoms. The second kappa shape index (κ2) is 20.5. The van der Waals surface area contributed by atoms with E-state index < -0.39 is 46.5 Å². The molecule has 0 unspecified atom stereocenters. The van der Waals surface area contributed by atoms with Gasteiger partial charge in [-0.25, -0.2) is 4.98 Å². The lowest BCUT2D eigenvalue weighted by atomic mass is 9.63. The van der Waals surface area contributed by atoms with Crippen molar-refractivity contribution in [3.63, 3.8) is 0 Å². The standard InChI is InChI=1S/C80H80N4O/c1-76(2,3)57-26-21-25-55(43-57)52-33-35-54(36-34-52)64-45-58(77(4,5)6)46-65(56-37-40-67-69(44-56)80(12,13)42-41-79(67,10)11)75(64)83-51-82(71-31-19-20-32-72(71)83)59-27-22-28-60(47-59)85-61-38-39-63-62-29-17-18-30-70(62)84(73(63)48-61)74-49-68(78(7,8)9)66(50-81-74)53-23-15-14-16-24-53/h14-40,43-50H,41-42,51H2,1-13H3/i14D,15D,16D,17D,18D,23D,24D,29D,30D,37D,40D,44D. The van der Waals surface area contributed by atoms with Crippen molar-refractivity contribution >= 4 is 44.6 Å². The number of benzene rings is 9. The largest absolute Gasteiger partial charge is 0.457 e. The lowest BCUT2D eigenvalue weighted by Gasteiger charge is -2.42. The number of rotatable bonds is 9. The summed E-state index contributed by atoms with van der Waals surface area (Å²) in [5, 5.41) is 0.787. The van der Waals surface area contributed by atoms with Gasteiger partial charge in [-0.1, -0.05) is 223 Å². The van der Waals surface area contributed by atoms with Crippen LogP contribution in [0.2, 0.25) is 0 Å². The fourth-order valence-corrected chi connectivity index (χ4v) is 12.5. The smallest absolute Gasteiger partial charge is 0.137 e. The Morgan fingerprint density at radius 3 is 1.84 bits per heavy atom. The molecule has 2 aromatic heterocycles. The van der Waals surface area contributed by atoms with Gasteiger partial charge in [-0.15, -0.1) is 0 Å². The molecule has 0 bridgehead atoms. The Kier molecular flexibility index (Phi) is 10.4. The first-order chi connectivity index (χ1) is 45.5. The van der Waals surface area contributed by atoms with Crippen molar-refractivity contribution in [1.29, 1.82) is 0 Å². The maximum Gasteiger partial charge on any atom is 0.137 e. The summed E-state index contributed by atoms with van der Waals surface area (Å²) >= 11 is 0. The molecule has 0 amide bonds. The molecule has 0 atom stereocenters. The average molecular weight is 1130 g/mol. The Balaban J connectivity index is 0.959. The fourth-order valence-electron chi connectivity index (χ4n) is 12.5. The number of hydrogen-bond acceptors (Lipinski definition) is 4. The summed E-state index contributed by atoms with van der Waals surface area (Å²) in [5.74, 6) is 1.15. The summed E-state index contributed by atoms with van der Waals surface area (Å²) in [6.07, 6.45) is 3.15. The number of aromatic nitrogens is 2. The Bertz CT molecular complexity index is 5080. The fraction of sp³-hybridized carbons (Fsp3) is 0.263. The maximum absolute atomic E-state index is 10.5. The highest BCUT2D eigenvalue weighted by Crippen LogP contribution is 2.54. The molecule has 2 aliphatic rings. The third-order valence-corrected chi connectivity index (χ3v) is 17.5. The molecule has 1 aliphatic heterocycles. The Hall–Kier alpha value is -8.67. The number of ether oxygens (including phenoxy) is 1. The predicted octanol–water partition coefficient (Wildman–Crippen LogP) is 22.1. The zero-order valence-corrected chi connectivity index (χ0v) is 51.1. The Labute approximate surface area is 521 Å². The Morgan fingerprint density at radius 2 is 1.12 bits per heavy atom. The van der Waals surface area contributed by atoms with Crippen LogP contribution in [0.15, 0.2) is 212 Å². The molecule has 0 spiro atoms. The number of anilines is 4. The van der Waals surface area contributed by atoms with Crippen LogP contribution in [0, 0.1) is 0 Å². The minimum Gasteiger partial charge on any atom is -0.457 e. The van der Waals surface area contributed by atoms with Crippen LogP contribution in [-0.2, 0) is 27.1 Å². The molecule has 0 radical (unpaired) electrons. The van der Waals surface area contributed by atoms with E-state index in [2.05, 4.69) is 152 Å². The van der Waals surface area contributed by atoms with Gasteiger partial charge >= 0.3 is 0 Å².